The van der Waals surface area contributed by atoms with Gasteiger partial charge in [0.25, 0.3) is 0 Å². The van der Waals surface area contributed by atoms with Gasteiger partial charge in [-0.2, -0.15) is 0 Å². The molecule has 40 heavy (non-hydrogen) atoms. The summed E-state index contributed by atoms with van der Waals surface area (Å²) in [5.74, 6) is 3.98. The first-order chi connectivity index (χ1) is 19.6. The number of hydrogen-bond acceptors (Lipinski definition) is 5. The van der Waals surface area contributed by atoms with Gasteiger partial charge in [0.05, 0.1) is 18.3 Å². The summed E-state index contributed by atoms with van der Waals surface area (Å²) >= 11 is 5.87. The third-order valence-electron chi connectivity index (χ3n) is 6.90. The molecule has 1 N–H and O–H groups in total. The molecule has 6 nitrogen and oxygen atoms in total. The van der Waals surface area contributed by atoms with Crippen molar-refractivity contribution in [3.8, 4) is 28.6 Å². The van der Waals surface area contributed by atoms with Crippen molar-refractivity contribution in [1.29, 1.82) is 0 Å². The van der Waals surface area contributed by atoms with E-state index in [1.54, 1.807) is 6.20 Å². The number of furan rings is 1. The van der Waals surface area contributed by atoms with E-state index in [1.807, 2.05) is 117 Å². The van der Waals surface area contributed by atoms with E-state index in [9.17, 15) is 0 Å². The van der Waals surface area contributed by atoms with Crippen LogP contribution in [0.4, 0.5) is 5.69 Å². The Labute approximate surface area is 239 Å². The van der Waals surface area contributed by atoms with E-state index in [2.05, 4.69) is 15.2 Å². The van der Waals surface area contributed by atoms with Crippen LogP contribution in [-0.4, -0.2) is 16.7 Å². The lowest BCUT2D eigenvalue weighted by Gasteiger charge is -2.26. The molecule has 1 aliphatic rings. The van der Waals surface area contributed by atoms with Gasteiger partial charge < -0.3 is 24.1 Å². The summed E-state index contributed by atoms with van der Waals surface area (Å²) in [6, 6.07) is 33.3. The molecular weight excluding hydrogens is 518 g/mol. The fourth-order valence-electron chi connectivity index (χ4n) is 4.94. The number of nitrogens with one attached hydrogen (secondary N) is 1. The van der Waals surface area contributed by atoms with Crippen LogP contribution in [0.5, 0.6) is 17.2 Å². The summed E-state index contributed by atoms with van der Waals surface area (Å²) in [7, 11) is 0. The van der Waals surface area contributed by atoms with Crippen molar-refractivity contribution in [2.45, 2.75) is 25.9 Å². The second-order valence-electron chi connectivity index (χ2n) is 9.52. The number of anilines is 1. The number of rotatable bonds is 8. The number of para-hydroxylation sites is 1. The Kier molecular flexibility index (Phi) is 7.21. The van der Waals surface area contributed by atoms with E-state index in [0.29, 0.717) is 11.7 Å². The maximum Gasteiger partial charge on any atom is 0.174 e. The number of nitrogens with zero attached hydrogens (tertiary/aromatic N) is 2. The first-order valence-corrected chi connectivity index (χ1v) is 13.7. The van der Waals surface area contributed by atoms with Gasteiger partial charge in [-0.1, -0.05) is 24.3 Å². The van der Waals surface area contributed by atoms with Crippen molar-refractivity contribution < 1.29 is 13.9 Å². The van der Waals surface area contributed by atoms with Gasteiger partial charge in [0.1, 0.15) is 34.8 Å². The molecule has 1 fully saturated rings. The minimum atomic E-state index is -0.248. The second kappa shape index (κ2) is 11.2. The normalized spacial score (nSPS) is 16.6. The summed E-state index contributed by atoms with van der Waals surface area (Å²) in [5, 5.41) is 4.09. The molecule has 0 saturated carbocycles. The lowest BCUT2D eigenvalue weighted by molar-refractivity contribution is 0.340. The zero-order valence-electron chi connectivity index (χ0n) is 22.3. The van der Waals surface area contributed by atoms with Crippen LogP contribution in [-0.2, 0) is 0 Å². The number of thiocarbonyl (C=S) groups is 1. The summed E-state index contributed by atoms with van der Waals surface area (Å²) < 4.78 is 18.2. The molecular formula is C33H29N3O3S. The zero-order valence-corrected chi connectivity index (χ0v) is 23.1. The van der Waals surface area contributed by atoms with Gasteiger partial charge in [-0.3, -0.25) is 4.98 Å². The average Bonchev–Trinajstić information content (AvgIpc) is 3.60. The fraction of sp³-hybridized carbons (Fsp3) is 0.152. The van der Waals surface area contributed by atoms with Gasteiger partial charge in [0.15, 0.2) is 5.11 Å². The molecule has 0 aliphatic carbocycles. The van der Waals surface area contributed by atoms with E-state index >= 15 is 0 Å². The van der Waals surface area contributed by atoms with Gasteiger partial charge >= 0.3 is 0 Å². The minimum absolute atomic E-state index is 0.198. The summed E-state index contributed by atoms with van der Waals surface area (Å²) in [6.07, 6.45) is 1.80. The summed E-state index contributed by atoms with van der Waals surface area (Å²) in [5.41, 5.74) is 3.87. The van der Waals surface area contributed by atoms with Crippen LogP contribution in [0.15, 0.2) is 114 Å². The van der Waals surface area contributed by atoms with Gasteiger partial charge in [-0.25, -0.2) is 0 Å². The molecule has 6 rings (SSSR count). The smallest absolute Gasteiger partial charge is 0.174 e. The molecule has 200 valence electrons. The van der Waals surface area contributed by atoms with E-state index in [4.69, 9.17) is 26.1 Å². The Balaban J connectivity index is 1.33. The molecule has 5 aromatic rings. The standard InChI is InChI=1S/C33H29N3O3S/c1-3-37-25-15-11-23(12-16-25)29-19-20-30(39-29)32-31(27-9-6-7-21-34-27)35-33(40)36(32)24-13-17-26(18-14-24)38-28-10-5-4-8-22(28)2/h4-21,31-32H,3H2,1-2H3,(H,35,40). The molecule has 2 unspecified atom stereocenters. The largest absolute Gasteiger partial charge is 0.494 e. The van der Waals surface area contributed by atoms with Crippen LogP contribution in [0, 0.1) is 6.92 Å². The Morgan fingerprint density at radius 2 is 1.62 bits per heavy atom. The molecule has 0 radical (unpaired) electrons. The fourth-order valence-corrected chi connectivity index (χ4v) is 5.29. The van der Waals surface area contributed by atoms with Crippen LogP contribution in [0.3, 0.4) is 0 Å². The molecule has 2 atom stereocenters. The van der Waals surface area contributed by atoms with E-state index in [-0.39, 0.29) is 12.1 Å². The van der Waals surface area contributed by atoms with Crippen molar-refractivity contribution in [1.82, 2.24) is 10.3 Å². The summed E-state index contributed by atoms with van der Waals surface area (Å²) in [6.45, 7) is 4.63. The van der Waals surface area contributed by atoms with E-state index in [0.717, 1.165) is 51.3 Å². The van der Waals surface area contributed by atoms with Gasteiger partial charge in [-0.05, 0) is 110 Å². The number of pyridine rings is 1. The zero-order chi connectivity index (χ0) is 27.5. The van der Waals surface area contributed by atoms with Gasteiger partial charge in [0.2, 0.25) is 0 Å². The molecule has 2 aromatic heterocycles. The molecule has 1 saturated heterocycles. The highest BCUT2D eigenvalue weighted by molar-refractivity contribution is 7.80. The van der Waals surface area contributed by atoms with Crippen LogP contribution < -0.4 is 19.7 Å². The molecule has 3 aromatic carbocycles. The third kappa shape index (κ3) is 5.16. The molecule has 0 amide bonds. The van der Waals surface area contributed by atoms with Crippen molar-refractivity contribution in [3.63, 3.8) is 0 Å². The van der Waals surface area contributed by atoms with Crippen molar-refractivity contribution in [3.05, 3.63) is 126 Å². The van der Waals surface area contributed by atoms with Crippen LogP contribution in [0.1, 0.15) is 36.0 Å². The highest BCUT2D eigenvalue weighted by Gasteiger charge is 2.42. The van der Waals surface area contributed by atoms with Crippen LogP contribution in [0.25, 0.3) is 11.3 Å². The van der Waals surface area contributed by atoms with Crippen LogP contribution in [0.2, 0.25) is 0 Å². The van der Waals surface area contributed by atoms with E-state index in [1.165, 1.54) is 0 Å². The predicted octanol–water partition coefficient (Wildman–Crippen LogP) is 8.02. The second-order valence-corrected chi connectivity index (χ2v) is 9.90. The quantitative estimate of drug-likeness (QED) is 0.197. The molecule has 0 spiro atoms. The lowest BCUT2D eigenvalue weighted by atomic mass is 10.0. The summed E-state index contributed by atoms with van der Waals surface area (Å²) in [4.78, 5) is 6.73. The van der Waals surface area contributed by atoms with Crippen molar-refractivity contribution in [2.75, 3.05) is 11.5 Å². The average molecular weight is 548 g/mol. The molecule has 1 aliphatic heterocycles. The van der Waals surface area contributed by atoms with Gasteiger partial charge in [-0.15, -0.1) is 0 Å². The first-order valence-electron chi connectivity index (χ1n) is 13.3. The van der Waals surface area contributed by atoms with E-state index < -0.39 is 0 Å². The topological polar surface area (TPSA) is 59.8 Å². The highest BCUT2D eigenvalue weighted by Crippen LogP contribution is 2.43. The molecule has 0 bridgehead atoms. The predicted molar refractivity (Wildman–Crippen MR) is 161 cm³/mol. The van der Waals surface area contributed by atoms with Gasteiger partial charge in [0, 0.05) is 17.4 Å². The maximum absolute atomic E-state index is 6.49. The number of benzene rings is 3. The van der Waals surface area contributed by atoms with Crippen LogP contribution >= 0.6 is 12.2 Å². The Morgan fingerprint density at radius 1 is 0.875 bits per heavy atom. The monoisotopic (exact) mass is 547 g/mol. The first kappa shape index (κ1) is 25.6. The Bertz CT molecular complexity index is 1600. The number of ether oxygens (including phenoxy) is 2. The SMILES string of the molecule is CCOc1ccc(-c2ccc(C3C(c4ccccn4)NC(=S)N3c3ccc(Oc4ccccc4C)cc3)o2)cc1. The number of hydrogen-bond donors (Lipinski definition) is 1. The number of aromatic nitrogens is 1. The van der Waals surface area contributed by atoms with Crippen molar-refractivity contribution in [2.24, 2.45) is 0 Å². The molecule has 3 heterocycles. The number of aryl methyl sites for hydroxylation is 1. The maximum atomic E-state index is 6.49. The lowest BCUT2D eigenvalue weighted by Crippen LogP contribution is -2.29. The third-order valence-corrected chi connectivity index (χ3v) is 7.22. The Hall–Kier alpha value is -4.62. The highest BCUT2D eigenvalue weighted by atomic mass is 32.1. The molecule has 7 heteroatoms. The Morgan fingerprint density at radius 3 is 2.35 bits per heavy atom. The minimum Gasteiger partial charge on any atom is -0.494 e. The van der Waals surface area contributed by atoms with Crippen molar-refractivity contribution >= 4 is 23.0 Å².